The van der Waals surface area contributed by atoms with E-state index >= 15 is 0 Å². The zero-order valence-electron chi connectivity index (χ0n) is 11.5. The van der Waals surface area contributed by atoms with Crippen LogP contribution in [-0.4, -0.2) is 11.0 Å². The van der Waals surface area contributed by atoms with Crippen LogP contribution in [0.25, 0.3) is 10.9 Å². The van der Waals surface area contributed by atoms with E-state index in [0.29, 0.717) is 0 Å². The molecule has 3 nitrogen and oxygen atoms in total. The Hall–Kier alpha value is -1.62. The van der Waals surface area contributed by atoms with Crippen molar-refractivity contribution in [3.63, 3.8) is 0 Å². The maximum absolute atomic E-state index is 6.07. The van der Waals surface area contributed by atoms with Crippen LogP contribution < -0.4 is 10.5 Å². The molecule has 3 rings (SSSR count). The van der Waals surface area contributed by atoms with Gasteiger partial charge in [-0.2, -0.15) is 0 Å². The summed E-state index contributed by atoms with van der Waals surface area (Å²) in [6.45, 7) is 1.93. The Bertz CT molecular complexity index is 757. The minimum absolute atomic E-state index is 0.140. The lowest BCUT2D eigenvalue weighted by Crippen LogP contribution is -2.28. The lowest BCUT2D eigenvalue weighted by molar-refractivity contribution is 0.184. The number of benzene rings is 1. The quantitative estimate of drug-likeness (QED) is 0.774. The second kappa shape index (κ2) is 6.02. The van der Waals surface area contributed by atoms with E-state index in [4.69, 9.17) is 22.1 Å². The molecule has 0 aliphatic rings. The summed E-state index contributed by atoms with van der Waals surface area (Å²) in [6.07, 6.45) is 1.55. The summed E-state index contributed by atoms with van der Waals surface area (Å²) in [5, 5.41) is 1.08. The second-order valence-corrected chi connectivity index (χ2v) is 6.64. The first-order valence-corrected chi connectivity index (χ1v) is 7.85. The van der Waals surface area contributed by atoms with Crippen molar-refractivity contribution in [3.05, 3.63) is 57.9 Å². The minimum Gasteiger partial charge on any atom is -0.483 e. The lowest BCUT2D eigenvalue weighted by Gasteiger charge is -2.21. The van der Waals surface area contributed by atoms with E-state index < -0.39 is 0 Å². The predicted octanol–water partition coefficient (Wildman–Crippen LogP) is 4.42. The highest BCUT2D eigenvalue weighted by Gasteiger charge is 2.20. The fourth-order valence-electron chi connectivity index (χ4n) is 2.17. The van der Waals surface area contributed by atoms with Crippen LogP contribution in [0, 0.1) is 0 Å². The Morgan fingerprint density at radius 1 is 1.24 bits per heavy atom. The van der Waals surface area contributed by atoms with Crippen molar-refractivity contribution < 1.29 is 4.74 Å². The van der Waals surface area contributed by atoms with Crippen molar-refractivity contribution in [2.24, 2.45) is 5.73 Å². The van der Waals surface area contributed by atoms with Gasteiger partial charge in [-0.25, -0.2) is 0 Å². The average molecular weight is 319 g/mol. The van der Waals surface area contributed by atoms with Gasteiger partial charge in [-0.3, -0.25) is 4.98 Å². The highest BCUT2D eigenvalue weighted by atomic mass is 35.5. The summed E-state index contributed by atoms with van der Waals surface area (Å²) in [5.41, 5.74) is 6.97. The van der Waals surface area contributed by atoms with Gasteiger partial charge in [-0.15, -0.1) is 11.3 Å². The summed E-state index contributed by atoms with van der Waals surface area (Å²) in [7, 11) is 0. The van der Waals surface area contributed by atoms with Crippen LogP contribution in [0.15, 0.2) is 48.7 Å². The van der Waals surface area contributed by atoms with Crippen LogP contribution in [-0.2, 0) is 0 Å². The number of nitrogens with zero attached hydrogens (tertiary/aromatic N) is 1. The van der Waals surface area contributed by atoms with Crippen molar-refractivity contribution >= 4 is 33.8 Å². The largest absolute Gasteiger partial charge is 0.483 e. The molecule has 2 aromatic heterocycles. The van der Waals surface area contributed by atoms with Gasteiger partial charge in [0.05, 0.1) is 9.85 Å². The van der Waals surface area contributed by atoms with Gasteiger partial charge >= 0.3 is 0 Å². The van der Waals surface area contributed by atoms with E-state index in [-0.39, 0.29) is 12.1 Å². The van der Waals surface area contributed by atoms with Crippen LogP contribution >= 0.6 is 22.9 Å². The number of fused-ring (bicyclic) bond motifs is 1. The number of halogens is 1. The van der Waals surface area contributed by atoms with E-state index in [1.807, 2.05) is 49.4 Å². The number of pyridine rings is 1. The van der Waals surface area contributed by atoms with Crippen LogP contribution in [0.3, 0.4) is 0 Å². The predicted molar refractivity (Wildman–Crippen MR) is 88.1 cm³/mol. The Kier molecular flexibility index (Phi) is 4.10. The Morgan fingerprint density at radius 2 is 2.10 bits per heavy atom. The molecule has 0 spiro atoms. The molecule has 0 saturated heterocycles. The molecule has 5 heteroatoms. The SMILES string of the molecule is CC(N)C(Oc1ccc2cccnc2c1)c1ccc(Cl)s1. The first-order valence-electron chi connectivity index (χ1n) is 6.66. The summed E-state index contributed by atoms with van der Waals surface area (Å²) in [6, 6.07) is 13.5. The Morgan fingerprint density at radius 3 is 2.81 bits per heavy atom. The lowest BCUT2D eigenvalue weighted by atomic mass is 10.1. The summed E-state index contributed by atoms with van der Waals surface area (Å²) >= 11 is 7.49. The topological polar surface area (TPSA) is 48.1 Å². The molecule has 2 N–H and O–H groups in total. The molecule has 0 radical (unpaired) electrons. The molecular weight excluding hydrogens is 304 g/mol. The van der Waals surface area contributed by atoms with Gasteiger partial charge in [-0.1, -0.05) is 17.7 Å². The molecular formula is C16H15ClN2OS. The van der Waals surface area contributed by atoms with Gasteiger partial charge in [0.2, 0.25) is 0 Å². The minimum atomic E-state index is -0.219. The zero-order chi connectivity index (χ0) is 14.8. The molecule has 2 atom stereocenters. The monoisotopic (exact) mass is 318 g/mol. The highest BCUT2D eigenvalue weighted by Crippen LogP contribution is 2.32. The zero-order valence-corrected chi connectivity index (χ0v) is 13.1. The van der Waals surface area contributed by atoms with E-state index in [2.05, 4.69) is 4.98 Å². The van der Waals surface area contributed by atoms with Gasteiger partial charge in [0.25, 0.3) is 0 Å². The number of ether oxygens (including phenoxy) is 1. The maximum atomic E-state index is 6.07. The average Bonchev–Trinajstić information content (AvgIpc) is 2.90. The van der Waals surface area contributed by atoms with Crippen molar-refractivity contribution in [1.82, 2.24) is 4.98 Å². The fraction of sp³-hybridized carbons (Fsp3) is 0.188. The summed E-state index contributed by atoms with van der Waals surface area (Å²) in [4.78, 5) is 5.37. The third-order valence-corrected chi connectivity index (χ3v) is 4.48. The number of nitrogens with two attached hydrogens (primary N) is 1. The Balaban J connectivity index is 1.90. The highest BCUT2D eigenvalue weighted by molar-refractivity contribution is 7.16. The molecule has 0 fully saturated rings. The standard InChI is InChI=1S/C16H15ClN2OS/c1-10(18)16(14-6-7-15(17)21-14)20-12-5-4-11-3-2-8-19-13(11)9-12/h2-10,16H,18H2,1H3. The molecule has 2 heterocycles. The first kappa shape index (κ1) is 14.3. The normalized spacial score (nSPS) is 14.0. The number of thiophene rings is 1. The fourth-order valence-corrected chi connectivity index (χ4v) is 3.38. The molecule has 3 aromatic rings. The molecule has 1 aromatic carbocycles. The van der Waals surface area contributed by atoms with Crippen molar-refractivity contribution in [2.75, 3.05) is 0 Å². The van der Waals surface area contributed by atoms with E-state index in [1.165, 1.54) is 11.3 Å². The second-order valence-electron chi connectivity index (χ2n) is 4.90. The van der Waals surface area contributed by atoms with Crippen LogP contribution in [0.2, 0.25) is 4.34 Å². The number of hydrogen-bond acceptors (Lipinski definition) is 4. The molecule has 0 aliphatic carbocycles. The van der Waals surface area contributed by atoms with Crippen molar-refractivity contribution in [2.45, 2.75) is 19.1 Å². The number of aromatic nitrogens is 1. The number of hydrogen-bond donors (Lipinski definition) is 1. The molecule has 0 amide bonds. The summed E-state index contributed by atoms with van der Waals surface area (Å²) in [5.74, 6) is 0.757. The van der Waals surface area contributed by atoms with E-state index in [9.17, 15) is 0 Å². The van der Waals surface area contributed by atoms with Crippen molar-refractivity contribution in [1.29, 1.82) is 0 Å². The van der Waals surface area contributed by atoms with Gasteiger partial charge in [0, 0.05) is 28.6 Å². The third-order valence-electron chi connectivity index (χ3n) is 3.19. The molecule has 0 saturated carbocycles. The molecule has 21 heavy (non-hydrogen) atoms. The molecule has 0 aliphatic heterocycles. The first-order chi connectivity index (χ1) is 10.1. The summed E-state index contributed by atoms with van der Waals surface area (Å²) < 4.78 is 6.81. The van der Waals surface area contributed by atoms with E-state index in [1.54, 1.807) is 6.20 Å². The molecule has 108 valence electrons. The number of rotatable bonds is 4. The smallest absolute Gasteiger partial charge is 0.148 e. The van der Waals surface area contributed by atoms with Crippen LogP contribution in [0.1, 0.15) is 17.9 Å². The van der Waals surface area contributed by atoms with Gasteiger partial charge in [0.15, 0.2) is 0 Å². The third kappa shape index (κ3) is 3.18. The van der Waals surface area contributed by atoms with Crippen LogP contribution in [0.4, 0.5) is 0 Å². The van der Waals surface area contributed by atoms with Gasteiger partial charge in [0.1, 0.15) is 11.9 Å². The van der Waals surface area contributed by atoms with Gasteiger partial charge in [-0.05, 0) is 37.3 Å². The molecule has 0 bridgehead atoms. The van der Waals surface area contributed by atoms with E-state index in [0.717, 1.165) is 25.9 Å². The Labute approximate surface area is 132 Å². The van der Waals surface area contributed by atoms with Crippen LogP contribution in [0.5, 0.6) is 5.75 Å². The molecule has 2 unspecified atom stereocenters. The van der Waals surface area contributed by atoms with Gasteiger partial charge < -0.3 is 10.5 Å². The maximum Gasteiger partial charge on any atom is 0.148 e. The van der Waals surface area contributed by atoms with Crippen molar-refractivity contribution in [3.8, 4) is 5.75 Å².